The van der Waals surface area contributed by atoms with Gasteiger partial charge in [-0.25, -0.2) is 4.79 Å². The highest BCUT2D eigenvalue weighted by molar-refractivity contribution is 6.09. The van der Waals surface area contributed by atoms with Crippen LogP contribution in [-0.2, 0) is 9.53 Å². The van der Waals surface area contributed by atoms with Crippen LogP contribution in [0.1, 0.15) is 27.8 Å². The maximum Gasteiger partial charge on any atom is 0.340 e. The van der Waals surface area contributed by atoms with Gasteiger partial charge in [-0.2, -0.15) is 5.26 Å². The molecule has 0 aliphatic carbocycles. The van der Waals surface area contributed by atoms with E-state index >= 15 is 0 Å². The number of hydrogen-bond donors (Lipinski definition) is 1. The lowest BCUT2D eigenvalue weighted by Crippen LogP contribution is -2.47. The maximum atomic E-state index is 12.6. The van der Waals surface area contributed by atoms with Crippen molar-refractivity contribution in [3.63, 3.8) is 0 Å². The van der Waals surface area contributed by atoms with Crippen LogP contribution in [0.4, 0.5) is 5.69 Å². The van der Waals surface area contributed by atoms with E-state index < -0.39 is 11.9 Å². The van der Waals surface area contributed by atoms with Crippen LogP contribution in [-0.4, -0.2) is 60.4 Å². The van der Waals surface area contributed by atoms with Crippen molar-refractivity contribution in [1.82, 2.24) is 9.80 Å². The van der Waals surface area contributed by atoms with Crippen molar-refractivity contribution in [2.45, 2.75) is 6.92 Å². The van der Waals surface area contributed by atoms with E-state index in [1.807, 2.05) is 6.07 Å². The fourth-order valence-corrected chi connectivity index (χ4v) is 3.10. The summed E-state index contributed by atoms with van der Waals surface area (Å²) in [6.45, 7) is 3.69. The first-order chi connectivity index (χ1) is 15.0. The van der Waals surface area contributed by atoms with Crippen molar-refractivity contribution in [3.05, 3.63) is 65.8 Å². The van der Waals surface area contributed by atoms with Crippen LogP contribution in [0.15, 0.2) is 58.9 Å². The molecule has 1 N–H and O–H groups in total. The first-order valence-corrected chi connectivity index (χ1v) is 9.79. The second-order valence-corrected chi connectivity index (χ2v) is 6.68. The Bertz CT molecular complexity index is 1010. The Morgan fingerprint density at radius 3 is 2.55 bits per heavy atom. The average Bonchev–Trinajstić information content (AvgIpc) is 3.33. The van der Waals surface area contributed by atoms with E-state index in [9.17, 15) is 19.6 Å². The first kappa shape index (κ1) is 21.6. The zero-order chi connectivity index (χ0) is 22.2. The molecule has 0 atom stereocenters. The highest BCUT2D eigenvalue weighted by atomic mass is 16.5. The second-order valence-electron chi connectivity index (χ2n) is 6.68. The molecule has 1 saturated heterocycles. The minimum Gasteiger partial charge on any atom is -0.462 e. The minimum absolute atomic E-state index is 0.107. The minimum atomic E-state index is -0.631. The van der Waals surface area contributed by atoms with Crippen molar-refractivity contribution in [2.24, 2.45) is 0 Å². The van der Waals surface area contributed by atoms with Gasteiger partial charge in [0.25, 0.3) is 11.8 Å². The SMILES string of the molecule is CCOC(=O)c1ccccc1NC(=O)/C(C#N)=C\N1CCN(C(=O)c2ccco2)CC1. The van der Waals surface area contributed by atoms with Gasteiger partial charge in [-0.3, -0.25) is 9.59 Å². The fraction of sp³-hybridized carbons (Fsp3) is 0.273. The summed E-state index contributed by atoms with van der Waals surface area (Å²) in [5.74, 6) is -1.10. The molecule has 2 amide bonds. The summed E-state index contributed by atoms with van der Waals surface area (Å²) >= 11 is 0. The number of amides is 2. The van der Waals surface area contributed by atoms with Crippen LogP contribution < -0.4 is 5.32 Å². The number of hydrogen-bond acceptors (Lipinski definition) is 7. The van der Waals surface area contributed by atoms with Gasteiger partial charge in [-0.1, -0.05) is 12.1 Å². The van der Waals surface area contributed by atoms with E-state index in [0.717, 1.165) is 0 Å². The standard InChI is InChI=1S/C22H22N4O5/c1-2-30-22(29)17-6-3-4-7-18(17)24-20(27)16(14-23)15-25-9-11-26(12-10-25)21(28)19-8-5-13-31-19/h3-8,13,15H,2,9-12H2,1H3,(H,24,27)/b16-15-. The zero-order valence-electron chi connectivity index (χ0n) is 17.0. The fourth-order valence-electron chi connectivity index (χ4n) is 3.10. The zero-order valence-corrected chi connectivity index (χ0v) is 17.0. The van der Waals surface area contributed by atoms with E-state index in [0.29, 0.717) is 26.2 Å². The summed E-state index contributed by atoms with van der Waals surface area (Å²) in [5.41, 5.74) is 0.366. The number of anilines is 1. The Kier molecular flexibility index (Phi) is 7.06. The molecule has 3 rings (SSSR count). The van der Waals surface area contributed by atoms with Crippen LogP contribution in [0.2, 0.25) is 0 Å². The Labute approximate surface area is 179 Å². The van der Waals surface area contributed by atoms with Crippen LogP contribution in [0.3, 0.4) is 0 Å². The number of nitrogens with one attached hydrogen (secondary N) is 1. The molecule has 9 nitrogen and oxygen atoms in total. The summed E-state index contributed by atoms with van der Waals surface area (Å²) in [5, 5.41) is 12.1. The second kappa shape index (κ2) is 10.1. The van der Waals surface area contributed by atoms with Crippen molar-refractivity contribution < 1.29 is 23.5 Å². The molecule has 1 fully saturated rings. The van der Waals surface area contributed by atoms with Crippen molar-refractivity contribution in [1.29, 1.82) is 5.26 Å². The van der Waals surface area contributed by atoms with E-state index in [1.54, 1.807) is 53.1 Å². The van der Waals surface area contributed by atoms with E-state index in [2.05, 4.69) is 5.32 Å². The van der Waals surface area contributed by atoms with Gasteiger partial charge in [0.2, 0.25) is 0 Å². The van der Waals surface area contributed by atoms with Gasteiger partial charge in [0.15, 0.2) is 5.76 Å². The number of nitriles is 1. The van der Waals surface area contributed by atoms with Crippen LogP contribution in [0, 0.1) is 11.3 Å². The molecule has 0 spiro atoms. The number of carbonyl (C=O) groups is 3. The van der Waals surface area contributed by atoms with Crippen LogP contribution >= 0.6 is 0 Å². The highest BCUT2D eigenvalue weighted by Gasteiger charge is 2.24. The Morgan fingerprint density at radius 2 is 1.90 bits per heavy atom. The smallest absolute Gasteiger partial charge is 0.340 e. The Morgan fingerprint density at radius 1 is 1.16 bits per heavy atom. The molecule has 2 aromatic rings. The number of carbonyl (C=O) groups excluding carboxylic acids is 3. The number of para-hydroxylation sites is 1. The normalized spacial score (nSPS) is 14.0. The summed E-state index contributed by atoms with van der Waals surface area (Å²) < 4.78 is 10.1. The Hall–Kier alpha value is -4.06. The third-order valence-corrected chi connectivity index (χ3v) is 4.68. The molecule has 160 valence electrons. The average molecular weight is 422 g/mol. The van der Waals surface area contributed by atoms with Crippen LogP contribution in [0.5, 0.6) is 0 Å². The summed E-state index contributed by atoms with van der Waals surface area (Å²) in [4.78, 5) is 40.5. The van der Waals surface area contributed by atoms with Crippen molar-refractivity contribution >= 4 is 23.5 Å². The van der Waals surface area contributed by atoms with Gasteiger partial charge in [-0.15, -0.1) is 0 Å². The molecule has 1 aromatic heterocycles. The van der Waals surface area contributed by atoms with Crippen molar-refractivity contribution in [2.75, 3.05) is 38.1 Å². The molecule has 9 heteroatoms. The molecule has 31 heavy (non-hydrogen) atoms. The molecular weight excluding hydrogens is 400 g/mol. The molecule has 0 bridgehead atoms. The van der Waals surface area contributed by atoms with E-state index in [-0.39, 0.29) is 35.1 Å². The third kappa shape index (κ3) is 5.30. The van der Waals surface area contributed by atoms with Crippen LogP contribution in [0.25, 0.3) is 0 Å². The topological polar surface area (TPSA) is 116 Å². The lowest BCUT2D eigenvalue weighted by atomic mass is 10.1. The number of ether oxygens (including phenoxy) is 1. The predicted octanol–water partition coefficient (Wildman–Crippen LogP) is 2.26. The monoisotopic (exact) mass is 422 g/mol. The van der Waals surface area contributed by atoms with E-state index in [4.69, 9.17) is 9.15 Å². The quantitative estimate of drug-likeness (QED) is 0.431. The number of nitrogens with zero attached hydrogens (tertiary/aromatic N) is 3. The molecule has 0 radical (unpaired) electrons. The van der Waals surface area contributed by atoms with Gasteiger partial charge in [0.05, 0.1) is 24.1 Å². The molecule has 1 aliphatic rings. The molecule has 0 saturated carbocycles. The van der Waals surface area contributed by atoms with Crippen molar-refractivity contribution in [3.8, 4) is 6.07 Å². The number of esters is 1. The summed E-state index contributed by atoms with van der Waals surface area (Å²) in [6, 6.07) is 11.6. The summed E-state index contributed by atoms with van der Waals surface area (Å²) in [6.07, 6.45) is 2.92. The van der Waals surface area contributed by atoms with Gasteiger partial charge in [0.1, 0.15) is 11.6 Å². The van der Waals surface area contributed by atoms with Gasteiger partial charge in [-0.05, 0) is 31.2 Å². The molecule has 2 heterocycles. The number of piperazine rings is 1. The molecular formula is C22H22N4O5. The van der Waals surface area contributed by atoms with E-state index in [1.165, 1.54) is 12.5 Å². The predicted molar refractivity (Wildman–Crippen MR) is 111 cm³/mol. The summed E-state index contributed by atoms with van der Waals surface area (Å²) in [7, 11) is 0. The largest absolute Gasteiger partial charge is 0.462 e. The lowest BCUT2D eigenvalue weighted by Gasteiger charge is -2.33. The third-order valence-electron chi connectivity index (χ3n) is 4.68. The number of furan rings is 1. The number of rotatable bonds is 6. The molecule has 0 unspecified atom stereocenters. The first-order valence-electron chi connectivity index (χ1n) is 9.79. The van der Waals surface area contributed by atoms with Gasteiger partial charge in [0, 0.05) is 32.4 Å². The molecule has 1 aliphatic heterocycles. The van der Waals surface area contributed by atoms with Gasteiger partial charge >= 0.3 is 5.97 Å². The lowest BCUT2D eigenvalue weighted by molar-refractivity contribution is -0.112. The molecule has 1 aromatic carbocycles. The van der Waals surface area contributed by atoms with Gasteiger partial charge < -0.3 is 24.3 Å². The Balaban J connectivity index is 1.64. The maximum absolute atomic E-state index is 12.6. The number of benzene rings is 1. The highest BCUT2D eigenvalue weighted by Crippen LogP contribution is 2.18.